The Balaban J connectivity index is 1.17. The normalized spacial score (nSPS) is 12.2. The molecule has 0 fully saturated rings. The van der Waals surface area contributed by atoms with E-state index in [0.717, 1.165) is 55.1 Å². The van der Waals surface area contributed by atoms with Gasteiger partial charge in [-0.1, -0.05) is 103 Å². The van der Waals surface area contributed by atoms with E-state index in [9.17, 15) is 0 Å². The van der Waals surface area contributed by atoms with Crippen LogP contribution < -0.4 is 0 Å². The Kier molecular flexibility index (Phi) is 4.60. The lowest BCUT2D eigenvalue weighted by atomic mass is 9.98. The molecule has 43 heavy (non-hydrogen) atoms. The van der Waals surface area contributed by atoms with Crippen molar-refractivity contribution in [3.05, 3.63) is 133 Å². The SMILES string of the molecule is c1ccc2c(c1)nc1c3ccccc3c3oc4ccc(-c5ccc(-c6cccc7c6sc6ccccc67)cc5)cc4c3n21. The average molecular weight is 567 g/mol. The first-order chi connectivity index (χ1) is 21.3. The van der Waals surface area contributed by atoms with E-state index in [0.29, 0.717) is 0 Å². The second kappa shape index (κ2) is 8.54. The van der Waals surface area contributed by atoms with Crippen LogP contribution in [0.15, 0.2) is 138 Å². The Labute approximate surface area is 249 Å². The largest absolute Gasteiger partial charge is 0.454 e. The van der Waals surface area contributed by atoms with E-state index in [1.54, 1.807) is 0 Å². The van der Waals surface area contributed by atoms with Crippen LogP contribution in [0.2, 0.25) is 0 Å². The van der Waals surface area contributed by atoms with Gasteiger partial charge in [0.1, 0.15) is 16.7 Å². The van der Waals surface area contributed by atoms with Crippen LogP contribution >= 0.6 is 11.3 Å². The highest BCUT2D eigenvalue weighted by Crippen LogP contribution is 2.42. The molecule has 0 bridgehead atoms. The first-order valence-electron chi connectivity index (χ1n) is 14.5. The summed E-state index contributed by atoms with van der Waals surface area (Å²) in [7, 11) is 0. The fourth-order valence-corrected chi connectivity index (χ4v) is 8.03. The molecule has 4 aromatic heterocycles. The van der Waals surface area contributed by atoms with Crippen LogP contribution in [0.25, 0.3) is 91.9 Å². The van der Waals surface area contributed by atoms with Gasteiger partial charge in [0.15, 0.2) is 5.58 Å². The fraction of sp³-hybridized carbons (Fsp3) is 0. The first-order valence-corrected chi connectivity index (χ1v) is 15.3. The maximum absolute atomic E-state index is 6.58. The molecule has 6 aromatic carbocycles. The van der Waals surface area contributed by atoms with Crippen LogP contribution in [0.5, 0.6) is 0 Å². The molecule has 0 saturated heterocycles. The zero-order chi connectivity index (χ0) is 28.1. The first kappa shape index (κ1) is 23.1. The number of fused-ring (bicyclic) bond motifs is 13. The zero-order valence-electron chi connectivity index (χ0n) is 22.9. The third-order valence-corrected chi connectivity index (χ3v) is 10.0. The number of para-hydroxylation sites is 2. The van der Waals surface area contributed by atoms with Crippen molar-refractivity contribution in [3.63, 3.8) is 0 Å². The number of imidazole rings is 1. The van der Waals surface area contributed by atoms with Gasteiger partial charge in [-0.3, -0.25) is 4.40 Å². The maximum atomic E-state index is 6.58. The minimum absolute atomic E-state index is 0.877. The molecule has 200 valence electrons. The number of pyridine rings is 1. The van der Waals surface area contributed by atoms with Crippen molar-refractivity contribution in [1.82, 2.24) is 9.38 Å². The Hall–Kier alpha value is -5.45. The Morgan fingerprint density at radius 1 is 0.558 bits per heavy atom. The lowest BCUT2D eigenvalue weighted by Gasteiger charge is -2.07. The van der Waals surface area contributed by atoms with Gasteiger partial charge in [0.25, 0.3) is 0 Å². The van der Waals surface area contributed by atoms with Crippen molar-refractivity contribution in [2.75, 3.05) is 0 Å². The molecule has 0 saturated carbocycles. The van der Waals surface area contributed by atoms with Gasteiger partial charge < -0.3 is 4.42 Å². The number of aromatic nitrogens is 2. The Morgan fingerprint density at radius 2 is 1.28 bits per heavy atom. The van der Waals surface area contributed by atoms with Crippen LogP contribution in [0, 0.1) is 0 Å². The second-order valence-corrected chi connectivity index (χ2v) is 12.2. The number of hydrogen-bond donors (Lipinski definition) is 0. The summed E-state index contributed by atoms with van der Waals surface area (Å²) in [6, 6.07) is 47.6. The predicted molar refractivity (Wildman–Crippen MR) is 181 cm³/mol. The van der Waals surface area contributed by atoms with Gasteiger partial charge in [-0.15, -0.1) is 11.3 Å². The van der Waals surface area contributed by atoms with E-state index in [2.05, 4.69) is 132 Å². The van der Waals surface area contributed by atoms with Crippen molar-refractivity contribution in [2.45, 2.75) is 0 Å². The highest BCUT2D eigenvalue weighted by Gasteiger charge is 2.19. The van der Waals surface area contributed by atoms with E-state index in [1.165, 1.54) is 36.9 Å². The predicted octanol–water partition coefficient (Wildman–Crippen LogP) is 11.2. The summed E-state index contributed by atoms with van der Waals surface area (Å²) in [5, 5.41) is 5.91. The summed E-state index contributed by atoms with van der Waals surface area (Å²) in [5.41, 5.74) is 10.7. The number of benzene rings is 6. The fourth-order valence-electron chi connectivity index (χ4n) is 6.79. The summed E-state index contributed by atoms with van der Waals surface area (Å²) >= 11 is 1.87. The highest BCUT2D eigenvalue weighted by molar-refractivity contribution is 7.26. The number of hydrogen-bond acceptors (Lipinski definition) is 3. The standard InChI is InChI=1S/C39H22N2OS/c1-2-10-30-28(9-1)37-36(41-33-14-5-4-13-32(33)40-39(30)41)31-22-25(20-21-34(31)42-37)23-16-18-24(19-17-23)26-11-7-12-29-27-8-3-6-15-35(27)43-38(26)29/h1-22H. The van der Waals surface area contributed by atoms with Crippen molar-refractivity contribution in [1.29, 1.82) is 0 Å². The lowest BCUT2D eigenvalue weighted by Crippen LogP contribution is -1.89. The molecule has 0 spiro atoms. The van der Waals surface area contributed by atoms with Crippen LogP contribution in [-0.2, 0) is 0 Å². The molecule has 0 radical (unpaired) electrons. The van der Waals surface area contributed by atoms with Gasteiger partial charge in [0, 0.05) is 36.3 Å². The smallest absolute Gasteiger partial charge is 0.160 e. The average Bonchev–Trinajstić information content (AvgIpc) is 3.76. The van der Waals surface area contributed by atoms with Gasteiger partial charge in [-0.25, -0.2) is 4.98 Å². The molecule has 10 aromatic rings. The molecular formula is C39H22N2OS. The Morgan fingerprint density at radius 3 is 2.19 bits per heavy atom. The third-order valence-electron chi connectivity index (χ3n) is 8.79. The summed E-state index contributed by atoms with van der Waals surface area (Å²) in [5.74, 6) is 0. The van der Waals surface area contributed by atoms with Crippen LogP contribution in [0.3, 0.4) is 0 Å². The van der Waals surface area contributed by atoms with E-state index in [1.807, 2.05) is 17.4 Å². The van der Waals surface area contributed by atoms with Crippen molar-refractivity contribution in [2.24, 2.45) is 0 Å². The number of furan rings is 1. The molecule has 0 unspecified atom stereocenters. The van der Waals surface area contributed by atoms with Gasteiger partial charge in [0.2, 0.25) is 0 Å². The number of rotatable bonds is 2. The molecule has 0 N–H and O–H groups in total. The zero-order valence-corrected chi connectivity index (χ0v) is 23.7. The maximum Gasteiger partial charge on any atom is 0.160 e. The van der Waals surface area contributed by atoms with E-state index < -0.39 is 0 Å². The van der Waals surface area contributed by atoms with Gasteiger partial charge in [0.05, 0.1) is 11.0 Å². The van der Waals surface area contributed by atoms with Crippen LogP contribution in [-0.4, -0.2) is 9.38 Å². The topological polar surface area (TPSA) is 30.4 Å². The molecule has 0 aliphatic rings. The van der Waals surface area contributed by atoms with Crippen molar-refractivity contribution < 1.29 is 4.42 Å². The molecule has 3 nitrogen and oxygen atoms in total. The molecule has 0 aliphatic carbocycles. The minimum atomic E-state index is 0.877. The molecule has 0 atom stereocenters. The van der Waals surface area contributed by atoms with Gasteiger partial charge in [-0.2, -0.15) is 0 Å². The van der Waals surface area contributed by atoms with E-state index in [-0.39, 0.29) is 0 Å². The molecule has 4 heterocycles. The van der Waals surface area contributed by atoms with Crippen LogP contribution in [0.4, 0.5) is 0 Å². The highest BCUT2D eigenvalue weighted by atomic mass is 32.1. The van der Waals surface area contributed by atoms with E-state index in [4.69, 9.17) is 9.40 Å². The summed E-state index contributed by atoms with van der Waals surface area (Å²) in [4.78, 5) is 5.06. The van der Waals surface area contributed by atoms with Crippen LogP contribution in [0.1, 0.15) is 0 Å². The summed E-state index contributed by atoms with van der Waals surface area (Å²) in [6.45, 7) is 0. The molecule has 0 amide bonds. The lowest BCUT2D eigenvalue weighted by molar-refractivity contribution is 0.672. The van der Waals surface area contributed by atoms with Gasteiger partial charge >= 0.3 is 0 Å². The van der Waals surface area contributed by atoms with E-state index >= 15 is 0 Å². The molecule has 10 rings (SSSR count). The quantitative estimate of drug-likeness (QED) is 0.208. The Bertz CT molecular complexity index is 2730. The van der Waals surface area contributed by atoms with Crippen molar-refractivity contribution >= 4 is 81.0 Å². The second-order valence-electron chi connectivity index (χ2n) is 11.2. The summed E-state index contributed by atoms with van der Waals surface area (Å²) < 4.78 is 11.5. The minimum Gasteiger partial charge on any atom is -0.454 e. The number of nitrogens with zero attached hydrogens (tertiary/aromatic N) is 2. The molecular weight excluding hydrogens is 545 g/mol. The van der Waals surface area contributed by atoms with Gasteiger partial charge in [-0.05, 0) is 52.6 Å². The number of thiophene rings is 1. The molecule has 0 aliphatic heterocycles. The monoisotopic (exact) mass is 566 g/mol. The third kappa shape index (κ3) is 3.21. The van der Waals surface area contributed by atoms with Crippen molar-refractivity contribution in [3.8, 4) is 22.3 Å². The molecule has 4 heteroatoms. The summed E-state index contributed by atoms with van der Waals surface area (Å²) in [6.07, 6.45) is 0.